The van der Waals surface area contributed by atoms with Gasteiger partial charge in [0.15, 0.2) is 0 Å². The van der Waals surface area contributed by atoms with Crippen molar-refractivity contribution in [2.45, 2.75) is 64.8 Å². The molecule has 0 N–H and O–H groups in total. The summed E-state index contributed by atoms with van der Waals surface area (Å²) < 4.78 is 0. The van der Waals surface area contributed by atoms with E-state index in [0.29, 0.717) is 0 Å². The van der Waals surface area contributed by atoms with E-state index in [2.05, 4.69) is 100 Å². The molecule has 0 saturated carbocycles. The fraction of sp³-hybridized carbons (Fsp3) is 0.407. The molecule has 0 radical (unpaired) electrons. The summed E-state index contributed by atoms with van der Waals surface area (Å²) in [5.41, 5.74) is 6.20. The van der Waals surface area contributed by atoms with E-state index < -0.39 is 0 Å². The zero-order valence-corrected chi connectivity index (χ0v) is 18.0. The lowest BCUT2D eigenvalue weighted by Gasteiger charge is -2.36. The molecule has 0 amide bonds. The molecule has 3 aromatic carbocycles. The Bertz CT molecular complexity index is 973. The average molecular weight is 372 g/mol. The van der Waals surface area contributed by atoms with Gasteiger partial charge < -0.3 is 4.90 Å². The molecular weight excluding hydrogens is 338 g/mol. The summed E-state index contributed by atoms with van der Waals surface area (Å²) in [6, 6.07) is 22.5. The predicted molar refractivity (Wildman–Crippen MR) is 123 cm³/mol. The van der Waals surface area contributed by atoms with Crippen LogP contribution in [0.4, 0.5) is 5.69 Å². The molecule has 1 aliphatic heterocycles. The van der Waals surface area contributed by atoms with Gasteiger partial charge >= 0.3 is 0 Å². The number of fused-ring (bicyclic) bond motifs is 1. The van der Waals surface area contributed by atoms with E-state index >= 15 is 0 Å². The molecule has 0 bridgehead atoms. The number of anilines is 1. The molecule has 0 unspecified atom stereocenters. The molecule has 1 atom stereocenters. The van der Waals surface area contributed by atoms with Crippen LogP contribution in [0.15, 0.2) is 60.7 Å². The van der Waals surface area contributed by atoms with E-state index in [4.69, 9.17) is 0 Å². The molecule has 1 nitrogen and oxygen atoms in total. The smallest absolute Gasteiger partial charge is 0.0435 e. The van der Waals surface area contributed by atoms with Crippen molar-refractivity contribution in [2.24, 2.45) is 0 Å². The van der Waals surface area contributed by atoms with Crippen LogP contribution in [0.2, 0.25) is 0 Å². The first kappa shape index (κ1) is 19.1. The first-order chi connectivity index (χ1) is 13.4. The Hall–Kier alpha value is -2.28. The van der Waals surface area contributed by atoms with Crippen LogP contribution in [0.5, 0.6) is 0 Å². The summed E-state index contributed by atoms with van der Waals surface area (Å²) >= 11 is 0. The SMILES string of the molecule is CCc1cccc(CC)c1N1C[C@](C)(c2cccc3ccccc23)CC1(C)C. The fourth-order valence-corrected chi connectivity index (χ4v) is 5.54. The van der Waals surface area contributed by atoms with Gasteiger partial charge in [0, 0.05) is 23.2 Å². The molecule has 0 aliphatic carbocycles. The van der Waals surface area contributed by atoms with Gasteiger partial charge in [-0.3, -0.25) is 0 Å². The van der Waals surface area contributed by atoms with Gasteiger partial charge in [-0.25, -0.2) is 0 Å². The van der Waals surface area contributed by atoms with Crippen LogP contribution < -0.4 is 4.90 Å². The van der Waals surface area contributed by atoms with Crippen molar-refractivity contribution >= 4 is 16.5 Å². The topological polar surface area (TPSA) is 3.24 Å². The van der Waals surface area contributed by atoms with E-state index in [1.165, 1.54) is 33.2 Å². The minimum atomic E-state index is 0.126. The number of benzene rings is 3. The highest BCUT2D eigenvalue weighted by atomic mass is 15.2. The lowest BCUT2D eigenvalue weighted by atomic mass is 9.76. The Labute approximate surface area is 170 Å². The van der Waals surface area contributed by atoms with Gasteiger partial charge in [0.05, 0.1) is 0 Å². The molecule has 146 valence electrons. The third-order valence-corrected chi connectivity index (χ3v) is 6.74. The third-order valence-electron chi connectivity index (χ3n) is 6.74. The van der Waals surface area contributed by atoms with Gasteiger partial charge in [0.25, 0.3) is 0 Å². The third kappa shape index (κ3) is 3.02. The highest BCUT2D eigenvalue weighted by Gasteiger charge is 2.47. The maximum atomic E-state index is 2.71. The lowest BCUT2D eigenvalue weighted by molar-refractivity contribution is 0.447. The van der Waals surface area contributed by atoms with E-state index in [-0.39, 0.29) is 11.0 Å². The monoisotopic (exact) mass is 371 g/mol. The second kappa shape index (κ2) is 6.95. The molecule has 4 rings (SSSR count). The largest absolute Gasteiger partial charge is 0.365 e. The first-order valence-electron chi connectivity index (χ1n) is 10.8. The minimum Gasteiger partial charge on any atom is -0.365 e. The summed E-state index contributed by atoms with van der Waals surface area (Å²) in [6.07, 6.45) is 3.33. The molecule has 28 heavy (non-hydrogen) atoms. The van der Waals surface area contributed by atoms with Gasteiger partial charge in [-0.2, -0.15) is 0 Å². The first-order valence-corrected chi connectivity index (χ1v) is 10.8. The standard InChI is InChI=1S/C27H33N/c1-6-20-13-10-14-21(7-2)25(20)28-19-27(5,18-26(28,3)4)24-17-11-15-22-12-8-9-16-23(22)24/h8-17H,6-7,18-19H2,1-5H3/t27-/m1/s1. The number of hydrogen-bond donors (Lipinski definition) is 0. The van der Waals surface area contributed by atoms with Crippen molar-refractivity contribution in [3.8, 4) is 0 Å². The summed E-state index contributed by atoms with van der Waals surface area (Å²) in [6.45, 7) is 13.0. The normalized spacial score (nSPS) is 21.4. The molecule has 0 spiro atoms. The van der Waals surface area contributed by atoms with Crippen LogP contribution in [-0.2, 0) is 18.3 Å². The van der Waals surface area contributed by atoms with E-state index in [1.807, 2.05) is 0 Å². The van der Waals surface area contributed by atoms with Crippen LogP contribution in [0, 0.1) is 0 Å². The Balaban J connectivity index is 1.85. The van der Waals surface area contributed by atoms with Crippen LogP contribution >= 0.6 is 0 Å². The highest BCUT2D eigenvalue weighted by Crippen LogP contribution is 2.48. The Morgan fingerprint density at radius 3 is 2.07 bits per heavy atom. The lowest BCUT2D eigenvalue weighted by Crippen LogP contribution is -2.39. The van der Waals surface area contributed by atoms with Gasteiger partial charge in [-0.1, -0.05) is 81.4 Å². The van der Waals surface area contributed by atoms with E-state index in [1.54, 1.807) is 0 Å². The van der Waals surface area contributed by atoms with Gasteiger partial charge in [-0.05, 0) is 60.6 Å². The van der Waals surface area contributed by atoms with Crippen molar-refractivity contribution in [3.63, 3.8) is 0 Å². The summed E-state index contributed by atoms with van der Waals surface area (Å²) in [5.74, 6) is 0. The van der Waals surface area contributed by atoms with Crippen molar-refractivity contribution < 1.29 is 0 Å². The maximum Gasteiger partial charge on any atom is 0.0435 e. The quantitative estimate of drug-likeness (QED) is 0.481. The highest BCUT2D eigenvalue weighted by molar-refractivity contribution is 5.87. The summed E-state index contributed by atoms with van der Waals surface area (Å²) in [5, 5.41) is 2.75. The predicted octanol–water partition coefficient (Wildman–Crippen LogP) is 6.91. The molecule has 1 aliphatic rings. The van der Waals surface area contributed by atoms with E-state index in [0.717, 1.165) is 25.8 Å². The molecule has 1 saturated heterocycles. The number of para-hydroxylation sites is 1. The zero-order chi connectivity index (χ0) is 19.9. The Morgan fingerprint density at radius 1 is 0.786 bits per heavy atom. The van der Waals surface area contributed by atoms with Crippen LogP contribution in [0.1, 0.15) is 57.7 Å². The van der Waals surface area contributed by atoms with Gasteiger partial charge in [-0.15, -0.1) is 0 Å². The second-order valence-corrected chi connectivity index (χ2v) is 9.29. The Morgan fingerprint density at radius 2 is 1.39 bits per heavy atom. The van der Waals surface area contributed by atoms with Gasteiger partial charge in [0.2, 0.25) is 0 Å². The van der Waals surface area contributed by atoms with E-state index in [9.17, 15) is 0 Å². The minimum absolute atomic E-state index is 0.126. The van der Waals surface area contributed by atoms with Crippen LogP contribution in [0.25, 0.3) is 10.8 Å². The number of hydrogen-bond acceptors (Lipinski definition) is 1. The van der Waals surface area contributed by atoms with Crippen molar-refractivity contribution in [2.75, 3.05) is 11.4 Å². The fourth-order valence-electron chi connectivity index (χ4n) is 5.54. The molecule has 0 aromatic heterocycles. The summed E-state index contributed by atoms with van der Waals surface area (Å²) in [7, 11) is 0. The number of rotatable bonds is 4. The second-order valence-electron chi connectivity index (χ2n) is 9.29. The van der Waals surface area contributed by atoms with Crippen molar-refractivity contribution in [1.82, 2.24) is 0 Å². The maximum absolute atomic E-state index is 2.71. The van der Waals surface area contributed by atoms with Crippen molar-refractivity contribution in [3.05, 3.63) is 77.4 Å². The Kier molecular flexibility index (Phi) is 4.73. The zero-order valence-electron chi connectivity index (χ0n) is 18.0. The molecular formula is C27H33N. The summed E-state index contributed by atoms with van der Waals surface area (Å²) in [4.78, 5) is 2.71. The van der Waals surface area contributed by atoms with Crippen LogP contribution in [-0.4, -0.2) is 12.1 Å². The van der Waals surface area contributed by atoms with Crippen molar-refractivity contribution in [1.29, 1.82) is 0 Å². The molecule has 1 fully saturated rings. The molecule has 1 heteroatoms. The number of aryl methyl sites for hydroxylation is 2. The number of nitrogens with zero attached hydrogens (tertiary/aromatic N) is 1. The average Bonchev–Trinajstić information content (AvgIpc) is 2.96. The van der Waals surface area contributed by atoms with Gasteiger partial charge in [0.1, 0.15) is 0 Å². The van der Waals surface area contributed by atoms with Crippen LogP contribution in [0.3, 0.4) is 0 Å². The molecule has 3 aromatic rings. The molecule has 1 heterocycles.